The maximum absolute atomic E-state index is 13.1. The van der Waals surface area contributed by atoms with Gasteiger partial charge in [-0.3, -0.25) is 9.00 Å². The Balaban J connectivity index is 1.77. The first kappa shape index (κ1) is 16.7. The highest BCUT2D eigenvalue weighted by Gasteiger charge is 2.28. The Kier molecular flexibility index (Phi) is 4.16. The molecular formula is C19H16FN3O2S. The number of hydrogen-bond acceptors (Lipinski definition) is 3. The minimum absolute atomic E-state index is 0.344. The van der Waals surface area contributed by atoms with Gasteiger partial charge in [-0.15, -0.1) is 0 Å². The predicted molar refractivity (Wildman–Crippen MR) is 98.2 cm³/mol. The number of nitrogens with zero attached hydrogens (tertiary/aromatic N) is 2. The molecule has 0 aliphatic carbocycles. The van der Waals surface area contributed by atoms with E-state index in [2.05, 4.69) is 10.4 Å². The first-order valence-corrected chi connectivity index (χ1v) is 9.60. The van der Waals surface area contributed by atoms with Crippen molar-refractivity contribution in [2.45, 2.75) is 18.4 Å². The number of benzene rings is 2. The molecule has 0 bridgehead atoms. The fourth-order valence-electron chi connectivity index (χ4n) is 3.01. The quantitative estimate of drug-likeness (QED) is 0.770. The average molecular weight is 369 g/mol. The fraction of sp³-hybridized carbons (Fsp3) is 0.158. The third-order valence-electron chi connectivity index (χ3n) is 4.35. The molecule has 2 heterocycles. The first-order chi connectivity index (χ1) is 12.5. The second kappa shape index (κ2) is 6.49. The molecule has 0 radical (unpaired) electrons. The van der Waals surface area contributed by atoms with Crippen molar-refractivity contribution in [3.8, 4) is 5.69 Å². The molecule has 26 heavy (non-hydrogen) atoms. The lowest BCUT2D eigenvalue weighted by atomic mass is 10.2. The van der Waals surface area contributed by atoms with Crippen LogP contribution in [-0.4, -0.2) is 19.9 Å². The minimum Gasteiger partial charge on any atom is -0.306 e. The van der Waals surface area contributed by atoms with Gasteiger partial charge in [-0.1, -0.05) is 18.2 Å². The Hall–Kier alpha value is -2.80. The second-order valence-electron chi connectivity index (χ2n) is 6.16. The molecule has 1 atom stereocenters. The van der Waals surface area contributed by atoms with E-state index >= 15 is 0 Å². The van der Waals surface area contributed by atoms with E-state index in [0.29, 0.717) is 22.9 Å². The van der Waals surface area contributed by atoms with Gasteiger partial charge in [0.1, 0.15) is 11.6 Å². The van der Waals surface area contributed by atoms with E-state index in [-0.39, 0.29) is 5.91 Å². The summed E-state index contributed by atoms with van der Waals surface area (Å²) in [5.74, 6) is 0.505. The summed E-state index contributed by atoms with van der Waals surface area (Å²) < 4.78 is 26.7. The zero-order valence-electron chi connectivity index (χ0n) is 14.0. The number of carbonyl (C=O) groups excluding carboxylic acids is 1. The molecular weight excluding hydrogens is 353 g/mol. The van der Waals surface area contributed by atoms with Crippen molar-refractivity contribution in [2.75, 3.05) is 5.32 Å². The van der Waals surface area contributed by atoms with Gasteiger partial charge in [0.05, 0.1) is 22.9 Å². The Bertz CT molecular complexity index is 1030. The van der Waals surface area contributed by atoms with Crippen molar-refractivity contribution in [3.05, 3.63) is 76.7 Å². The van der Waals surface area contributed by atoms with Gasteiger partial charge in [0.2, 0.25) is 0 Å². The van der Waals surface area contributed by atoms with Gasteiger partial charge in [-0.2, -0.15) is 5.10 Å². The van der Waals surface area contributed by atoms with E-state index in [1.54, 1.807) is 4.68 Å². The van der Waals surface area contributed by atoms with Gasteiger partial charge in [0.15, 0.2) is 0 Å². The van der Waals surface area contributed by atoms with Gasteiger partial charge < -0.3 is 5.32 Å². The smallest absolute Gasteiger partial charge is 0.256 e. The number of aromatic nitrogens is 2. The molecule has 0 fully saturated rings. The highest BCUT2D eigenvalue weighted by molar-refractivity contribution is 7.83. The van der Waals surface area contributed by atoms with Crippen LogP contribution in [0, 0.1) is 12.7 Å². The van der Waals surface area contributed by atoms with Crippen LogP contribution in [-0.2, 0) is 22.3 Å². The zero-order chi connectivity index (χ0) is 18.3. The number of para-hydroxylation sites is 1. The average Bonchev–Trinajstić information content (AvgIpc) is 3.13. The van der Waals surface area contributed by atoms with Crippen molar-refractivity contribution < 1.29 is 13.4 Å². The molecule has 0 unspecified atom stereocenters. The van der Waals surface area contributed by atoms with Crippen LogP contribution in [0.3, 0.4) is 0 Å². The first-order valence-electron chi connectivity index (χ1n) is 8.11. The molecule has 4 rings (SSSR count). The summed E-state index contributed by atoms with van der Waals surface area (Å²) >= 11 is 0. The number of halogens is 1. The summed E-state index contributed by atoms with van der Waals surface area (Å²) in [6.07, 6.45) is 0. The number of hydrogen-bond donors (Lipinski definition) is 1. The van der Waals surface area contributed by atoms with Crippen molar-refractivity contribution in [2.24, 2.45) is 0 Å². The molecule has 0 saturated heterocycles. The number of fused-ring (bicyclic) bond motifs is 1. The molecule has 0 saturated carbocycles. The standard InChI is InChI=1S/C19H16FN3O2S/c1-12-4-2-3-5-17(12)23-18(15-10-26(25)11-16(15)22-23)21-19(24)13-6-8-14(20)9-7-13/h2-9H,10-11H2,1H3,(H,21,24)/t26-/m1/s1. The number of aryl methyl sites for hydroxylation is 1. The molecule has 1 aliphatic rings. The van der Waals surface area contributed by atoms with Crippen LogP contribution in [0.1, 0.15) is 27.2 Å². The number of rotatable bonds is 3. The zero-order valence-corrected chi connectivity index (χ0v) is 14.8. The molecule has 2 aromatic carbocycles. The Morgan fingerprint density at radius 3 is 2.62 bits per heavy atom. The predicted octanol–water partition coefficient (Wildman–Crippen LogP) is 3.33. The molecule has 1 aliphatic heterocycles. The number of amides is 1. The maximum Gasteiger partial charge on any atom is 0.256 e. The normalized spacial score (nSPS) is 15.7. The third kappa shape index (κ3) is 2.94. The van der Waals surface area contributed by atoms with Crippen LogP contribution in [0.15, 0.2) is 48.5 Å². The fourth-order valence-corrected chi connectivity index (χ4v) is 4.28. The van der Waals surface area contributed by atoms with E-state index in [4.69, 9.17) is 0 Å². The van der Waals surface area contributed by atoms with Crippen LogP contribution in [0.2, 0.25) is 0 Å². The van der Waals surface area contributed by atoms with Crippen molar-refractivity contribution in [1.82, 2.24) is 9.78 Å². The number of carbonyl (C=O) groups is 1. The largest absolute Gasteiger partial charge is 0.306 e. The van der Waals surface area contributed by atoms with E-state index in [1.165, 1.54) is 24.3 Å². The van der Waals surface area contributed by atoms with Gasteiger partial charge >= 0.3 is 0 Å². The molecule has 1 N–H and O–H groups in total. The molecule has 1 amide bonds. The third-order valence-corrected chi connectivity index (χ3v) is 5.56. The summed E-state index contributed by atoms with van der Waals surface area (Å²) in [7, 11) is -1.01. The lowest BCUT2D eigenvalue weighted by Crippen LogP contribution is -2.17. The summed E-state index contributed by atoms with van der Waals surface area (Å²) in [5.41, 5.74) is 3.73. The lowest BCUT2D eigenvalue weighted by molar-refractivity contribution is 0.102. The highest BCUT2D eigenvalue weighted by Crippen LogP contribution is 2.32. The SMILES string of the molecule is Cc1ccccc1-n1nc2c(c1NC(=O)c1ccc(F)cc1)C[S@@](=O)C2. The summed E-state index contributed by atoms with van der Waals surface area (Å²) in [5, 5.41) is 7.46. The maximum atomic E-state index is 13.1. The Morgan fingerprint density at radius 1 is 1.15 bits per heavy atom. The molecule has 132 valence electrons. The molecule has 5 nitrogen and oxygen atoms in total. The van der Waals surface area contributed by atoms with Crippen LogP contribution in [0.5, 0.6) is 0 Å². The van der Waals surface area contributed by atoms with E-state index < -0.39 is 16.6 Å². The Labute approximate surface area is 152 Å². The van der Waals surface area contributed by atoms with Crippen molar-refractivity contribution >= 4 is 22.5 Å². The molecule has 1 aromatic heterocycles. The number of anilines is 1. The van der Waals surface area contributed by atoms with Gasteiger partial charge in [0, 0.05) is 21.9 Å². The molecule has 0 spiro atoms. The van der Waals surface area contributed by atoms with Crippen LogP contribution >= 0.6 is 0 Å². The highest BCUT2D eigenvalue weighted by atomic mass is 32.2. The van der Waals surface area contributed by atoms with Gasteiger partial charge in [0.25, 0.3) is 5.91 Å². The molecule has 7 heteroatoms. The summed E-state index contributed by atoms with van der Waals surface area (Å²) in [6.45, 7) is 1.96. The van der Waals surface area contributed by atoms with Crippen LogP contribution in [0.4, 0.5) is 10.2 Å². The van der Waals surface area contributed by atoms with E-state index in [9.17, 15) is 13.4 Å². The van der Waals surface area contributed by atoms with Gasteiger partial charge in [-0.25, -0.2) is 9.07 Å². The van der Waals surface area contributed by atoms with Gasteiger partial charge in [-0.05, 0) is 42.8 Å². The Morgan fingerprint density at radius 2 is 1.88 bits per heavy atom. The van der Waals surface area contributed by atoms with Crippen LogP contribution < -0.4 is 5.32 Å². The summed E-state index contributed by atoms with van der Waals surface area (Å²) in [6, 6.07) is 13.1. The monoisotopic (exact) mass is 369 g/mol. The topological polar surface area (TPSA) is 64.0 Å². The minimum atomic E-state index is -1.01. The number of nitrogens with one attached hydrogen (secondary N) is 1. The van der Waals surface area contributed by atoms with E-state index in [1.807, 2.05) is 31.2 Å². The van der Waals surface area contributed by atoms with Crippen LogP contribution in [0.25, 0.3) is 5.69 Å². The summed E-state index contributed by atoms with van der Waals surface area (Å²) in [4.78, 5) is 12.6. The second-order valence-corrected chi connectivity index (χ2v) is 7.62. The van der Waals surface area contributed by atoms with Crippen molar-refractivity contribution in [3.63, 3.8) is 0 Å². The van der Waals surface area contributed by atoms with Crippen molar-refractivity contribution in [1.29, 1.82) is 0 Å². The van der Waals surface area contributed by atoms with E-state index in [0.717, 1.165) is 22.5 Å². The lowest BCUT2D eigenvalue weighted by Gasteiger charge is -2.13. The molecule has 3 aromatic rings.